The predicted molar refractivity (Wildman–Crippen MR) is 164 cm³/mol. The molecule has 204 valence electrons. The molecule has 1 heterocycles. The number of piperidine rings is 1. The summed E-state index contributed by atoms with van der Waals surface area (Å²) in [5.41, 5.74) is 6.45. The molecule has 1 aliphatic heterocycles. The van der Waals surface area contributed by atoms with Crippen molar-refractivity contribution < 1.29 is 4.74 Å². The smallest absolute Gasteiger partial charge is 0.179 e. The lowest BCUT2D eigenvalue weighted by atomic mass is 10.0. The molecule has 0 atom stereocenters. The molecule has 0 saturated carbocycles. The molecule has 5 nitrogen and oxygen atoms in total. The molecular weight excluding hydrogens is 468 g/mol. The quantitative estimate of drug-likeness (QED) is 0.245. The van der Waals surface area contributed by atoms with Gasteiger partial charge in [0.05, 0.1) is 0 Å². The van der Waals surface area contributed by atoms with Gasteiger partial charge in [-0.3, -0.25) is 4.90 Å². The molecule has 5 heteroatoms. The van der Waals surface area contributed by atoms with E-state index in [4.69, 9.17) is 9.73 Å². The standard InChI is InChI=1S/C28H34N4O.C5H12/c1-21(2)17-23(4)31-28(29-5)26-19-32(18-24-9-7-6-8-10-24)16-15-27(26)30-20-33-25-13-11-22(3)12-14-25;1-3-5-4-2/h6-14,17,31H,4-5,15-16,18-20H2,1-3H3;3-5H2,1-2H3/b28-26+,30-27-;. The fourth-order valence-electron chi connectivity index (χ4n) is 4.09. The molecule has 0 unspecified atom stereocenters. The van der Waals surface area contributed by atoms with Crippen molar-refractivity contribution in [3.05, 3.63) is 101 Å². The van der Waals surface area contributed by atoms with Crippen molar-refractivity contribution in [2.75, 3.05) is 19.8 Å². The third kappa shape index (κ3) is 11.3. The number of hydrogen-bond acceptors (Lipinski definition) is 5. The van der Waals surface area contributed by atoms with Crippen LogP contribution in [0.25, 0.3) is 0 Å². The van der Waals surface area contributed by atoms with Crippen molar-refractivity contribution in [1.29, 1.82) is 0 Å². The van der Waals surface area contributed by atoms with E-state index in [2.05, 4.69) is 73.5 Å². The molecule has 1 saturated heterocycles. The van der Waals surface area contributed by atoms with E-state index in [9.17, 15) is 0 Å². The van der Waals surface area contributed by atoms with E-state index >= 15 is 0 Å². The fourth-order valence-corrected chi connectivity index (χ4v) is 4.09. The molecule has 2 aromatic rings. The predicted octanol–water partition coefficient (Wildman–Crippen LogP) is 7.86. The van der Waals surface area contributed by atoms with Crippen LogP contribution in [0.4, 0.5) is 0 Å². The van der Waals surface area contributed by atoms with E-state index in [0.29, 0.717) is 5.82 Å². The Hall–Kier alpha value is -3.44. The maximum atomic E-state index is 5.86. The first-order valence-electron chi connectivity index (χ1n) is 13.7. The Morgan fingerprint density at radius 3 is 2.32 bits per heavy atom. The van der Waals surface area contributed by atoms with Crippen molar-refractivity contribution in [2.24, 2.45) is 9.98 Å². The number of rotatable bonds is 11. The van der Waals surface area contributed by atoms with Gasteiger partial charge in [-0.25, -0.2) is 9.98 Å². The van der Waals surface area contributed by atoms with Crippen LogP contribution in [0, 0.1) is 6.92 Å². The average molecular weight is 515 g/mol. The summed E-state index contributed by atoms with van der Waals surface area (Å²) in [6.07, 6.45) is 6.88. The van der Waals surface area contributed by atoms with Gasteiger partial charge in [-0.05, 0) is 51.3 Å². The topological polar surface area (TPSA) is 49.2 Å². The normalized spacial score (nSPS) is 15.7. The summed E-state index contributed by atoms with van der Waals surface area (Å²) in [6.45, 7) is 21.3. The van der Waals surface area contributed by atoms with E-state index < -0.39 is 0 Å². The number of nitrogens with one attached hydrogen (secondary N) is 1. The average Bonchev–Trinajstić information content (AvgIpc) is 2.90. The minimum Gasteiger partial charge on any atom is -0.471 e. The third-order valence-electron chi connectivity index (χ3n) is 6.04. The van der Waals surface area contributed by atoms with Gasteiger partial charge < -0.3 is 10.1 Å². The highest BCUT2D eigenvalue weighted by Gasteiger charge is 2.23. The molecule has 0 spiro atoms. The van der Waals surface area contributed by atoms with Gasteiger partial charge in [-0.1, -0.05) is 93.3 Å². The van der Waals surface area contributed by atoms with Crippen LogP contribution in [-0.2, 0) is 6.54 Å². The summed E-state index contributed by atoms with van der Waals surface area (Å²) < 4.78 is 5.86. The number of ether oxygens (including phenoxy) is 1. The Morgan fingerprint density at radius 1 is 1.05 bits per heavy atom. The monoisotopic (exact) mass is 514 g/mol. The van der Waals surface area contributed by atoms with Crippen molar-refractivity contribution in [1.82, 2.24) is 10.2 Å². The fraction of sp³-hybridized carbons (Fsp3) is 0.394. The van der Waals surface area contributed by atoms with Crippen LogP contribution in [-0.4, -0.2) is 37.1 Å². The van der Waals surface area contributed by atoms with Gasteiger partial charge in [0.1, 0.15) is 11.6 Å². The minimum atomic E-state index is 0.264. The van der Waals surface area contributed by atoms with E-state index in [1.165, 1.54) is 30.4 Å². The number of likely N-dealkylation sites (tertiary alicyclic amines) is 1. The van der Waals surface area contributed by atoms with Crippen molar-refractivity contribution >= 4 is 12.4 Å². The molecule has 1 aliphatic rings. The number of hydrogen-bond donors (Lipinski definition) is 1. The third-order valence-corrected chi connectivity index (χ3v) is 6.04. The van der Waals surface area contributed by atoms with E-state index in [-0.39, 0.29) is 6.73 Å². The van der Waals surface area contributed by atoms with Crippen LogP contribution in [0.1, 0.15) is 64.5 Å². The van der Waals surface area contributed by atoms with E-state index in [1.807, 2.05) is 50.3 Å². The Kier molecular flexibility index (Phi) is 13.9. The van der Waals surface area contributed by atoms with Crippen LogP contribution in [0.2, 0.25) is 0 Å². The van der Waals surface area contributed by atoms with Crippen LogP contribution < -0.4 is 10.1 Å². The first kappa shape index (κ1) is 30.8. The summed E-state index contributed by atoms with van der Waals surface area (Å²) in [4.78, 5) is 11.5. The van der Waals surface area contributed by atoms with Crippen molar-refractivity contribution in [3.63, 3.8) is 0 Å². The summed E-state index contributed by atoms with van der Waals surface area (Å²) >= 11 is 0. The zero-order chi connectivity index (χ0) is 27.8. The Balaban J connectivity index is 0.000000926. The maximum Gasteiger partial charge on any atom is 0.179 e. The first-order valence-corrected chi connectivity index (χ1v) is 13.7. The zero-order valence-electron chi connectivity index (χ0n) is 24.1. The van der Waals surface area contributed by atoms with Crippen LogP contribution in [0.5, 0.6) is 5.75 Å². The van der Waals surface area contributed by atoms with Gasteiger partial charge in [0, 0.05) is 43.0 Å². The number of unbranched alkanes of at least 4 members (excludes halogenated alkanes) is 2. The second kappa shape index (κ2) is 17.1. The van der Waals surface area contributed by atoms with E-state index in [1.54, 1.807) is 0 Å². The lowest BCUT2D eigenvalue weighted by molar-refractivity contribution is 0.286. The van der Waals surface area contributed by atoms with Crippen LogP contribution in [0.15, 0.2) is 99.9 Å². The van der Waals surface area contributed by atoms with Gasteiger partial charge >= 0.3 is 0 Å². The van der Waals surface area contributed by atoms with Crippen molar-refractivity contribution in [3.8, 4) is 5.75 Å². The molecule has 0 amide bonds. The Morgan fingerprint density at radius 2 is 1.74 bits per heavy atom. The molecule has 3 rings (SSSR count). The summed E-state index contributed by atoms with van der Waals surface area (Å²) in [7, 11) is 0. The van der Waals surface area contributed by atoms with Crippen LogP contribution in [0.3, 0.4) is 0 Å². The highest BCUT2D eigenvalue weighted by molar-refractivity contribution is 6.02. The molecule has 2 aromatic carbocycles. The minimum absolute atomic E-state index is 0.264. The molecule has 0 aromatic heterocycles. The second-order valence-electron chi connectivity index (χ2n) is 9.85. The SMILES string of the molecule is C=N/C(NC(=C)C=C(C)C)=C1/CN(Cc2ccccc2)CC/C1=N/COc1ccc(C)cc1.CCCCC. The summed E-state index contributed by atoms with van der Waals surface area (Å²) in [5, 5.41) is 3.33. The molecule has 38 heavy (non-hydrogen) atoms. The Bertz CT molecular complexity index is 1090. The van der Waals surface area contributed by atoms with Crippen LogP contribution >= 0.6 is 0 Å². The molecule has 0 aliphatic carbocycles. The number of allylic oxidation sites excluding steroid dienone is 2. The molecule has 1 fully saturated rings. The van der Waals surface area contributed by atoms with Gasteiger partial charge in [0.2, 0.25) is 0 Å². The molecule has 0 radical (unpaired) electrons. The zero-order valence-corrected chi connectivity index (χ0v) is 24.1. The Labute approximate surface area is 230 Å². The number of benzene rings is 2. The highest BCUT2D eigenvalue weighted by atomic mass is 16.5. The van der Waals surface area contributed by atoms with Gasteiger partial charge in [0.15, 0.2) is 6.73 Å². The first-order chi connectivity index (χ1) is 18.4. The molecular formula is C33H46N4O. The van der Waals surface area contributed by atoms with E-state index in [0.717, 1.165) is 54.4 Å². The summed E-state index contributed by atoms with van der Waals surface area (Å²) in [5.74, 6) is 1.51. The number of nitrogens with zero attached hydrogens (tertiary/aromatic N) is 3. The number of aliphatic imine (C=N–C) groups is 2. The lowest BCUT2D eigenvalue weighted by Gasteiger charge is -2.31. The van der Waals surface area contributed by atoms with Gasteiger partial charge in [0.25, 0.3) is 0 Å². The van der Waals surface area contributed by atoms with Crippen molar-refractivity contribution in [2.45, 2.75) is 66.8 Å². The largest absolute Gasteiger partial charge is 0.471 e. The second-order valence-corrected chi connectivity index (χ2v) is 9.85. The van der Waals surface area contributed by atoms with Gasteiger partial charge in [-0.15, -0.1) is 0 Å². The lowest BCUT2D eigenvalue weighted by Crippen LogP contribution is -2.37. The maximum absolute atomic E-state index is 5.86. The molecule has 0 bridgehead atoms. The molecule has 1 N–H and O–H groups in total. The summed E-state index contributed by atoms with van der Waals surface area (Å²) in [6, 6.07) is 18.5. The van der Waals surface area contributed by atoms with Gasteiger partial charge in [-0.2, -0.15) is 0 Å². The highest BCUT2D eigenvalue weighted by Crippen LogP contribution is 2.21. The number of aryl methyl sites for hydroxylation is 1.